The van der Waals surface area contributed by atoms with E-state index in [1.165, 1.54) is 30.3 Å². The molecule has 2 aromatic carbocycles. The van der Waals surface area contributed by atoms with Gasteiger partial charge in [0.2, 0.25) is 0 Å². The van der Waals surface area contributed by atoms with Gasteiger partial charge in [-0.1, -0.05) is 24.3 Å². The fourth-order valence-electron chi connectivity index (χ4n) is 3.17. The quantitative estimate of drug-likeness (QED) is 0.515. The summed E-state index contributed by atoms with van der Waals surface area (Å²) < 4.78 is 44.6. The second-order valence-corrected chi connectivity index (χ2v) is 7.28. The van der Waals surface area contributed by atoms with E-state index in [4.69, 9.17) is 4.74 Å². The number of allylic oxidation sites excluding steroid dienone is 1. The molecule has 0 N–H and O–H groups in total. The summed E-state index contributed by atoms with van der Waals surface area (Å²) in [6.07, 6.45) is -2.23. The van der Waals surface area contributed by atoms with Crippen LogP contribution < -0.4 is 4.74 Å². The molecule has 164 valence electrons. The zero-order valence-electron chi connectivity index (χ0n) is 17.1. The first-order chi connectivity index (χ1) is 14.7. The molecular weight excluding hydrogens is 409 g/mol. The Morgan fingerprint density at radius 1 is 1.00 bits per heavy atom. The number of benzene rings is 2. The third kappa shape index (κ3) is 6.18. The molecule has 5 nitrogen and oxygen atoms in total. The highest BCUT2D eigenvalue weighted by Crippen LogP contribution is 2.32. The molecule has 1 aliphatic rings. The molecule has 1 fully saturated rings. The first-order valence-electron chi connectivity index (χ1n) is 9.82. The molecule has 0 spiro atoms. The Bertz CT molecular complexity index is 947. The maximum atomic E-state index is 13.0. The molecule has 0 saturated carbocycles. The average Bonchev–Trinajstić information content (AvgIpc) is 2.76. The molecule has 0 aliphatic carbocycles. The number of carbonyl (C=O) groups excluding carboxylic acids is 2. The Hall–Kier alpha value is -3.13. The molecule has 1 amide bonds. The topological polar surface area (TPSA) is 49.9 Å². The van der Waals surface area contributed by atoms with Gasteiger partial charge in [-0.15, -0.1) is 0 Å². The van der Waals surface area contributed by atoms with Crippen molar-refractivity contribution in [2.45, 2.75) is 6.18 Å². The van der Waals surface area contributed by atoms with Crippen molar-refractivity contribution in [1.82, 2.24) is 9.80 Å². The molecule has 0 bridgehead atoms. The number of halogens is 3. The minimum atomic E-state index is -4.50. The lowest BCUT2D eigenvalue weighted by atomic mass is 10.0. The van der Waals surface area contributed by atoms with Crippen molar-refractivity contribution in [3.63, 3.8) is 0 Å². The van der Waals surface area contributed by atoms with Crippen molar-refractivity contribution < 1.29 is 27.5 Å². The van der Waals surface area contributed by atoms with E-state index in [2.05, 4.69) is 4.90 Å². The Balaban J connectivity index is 1.57. The summed E-state index contributed by atoms with van der Waals surface area (Å²) in [5, 5.41) is 0. The number of piperazine rings is 1. The van der Waals surface area contributed by atoms with Gasteiger partial charge in [-0.25, -0.2) is 0 Å². The summed E-state index contributed by atoms with van der Waals surface area (Å²) in [4.78, 5) is 28.4. The molecule has 0 aromatic heterocycles. The van der Waals surface area contributed by atoms with Gasteiger partial charge in [0.05, 0.1) is 5.56 Å². The van der Waals surface area contributed by atoms with Gasteiger partial charge in [-0.05, 0) is 49.0 Å². The van der Waals surface area contributed by atoms with Gasteiger partial charge in [-0.3, -0.25) is 9.59 Å². The zero-order valence-corrected chi connectivity index (χ0v) is 17.1. The molecular formula is C23H23F3N2O3. The molecule has 1 saturated heterocycles. The first kappa shape index (κ1) is 22.6. The maximum Gasteiger partial charge on any atom is 0.416 e. The number of alkyl halides is 3. The van der Waals surface area contributed by atoms with Crippen LogP contribution >= 0.6 is 0 Å². The molecule has 0 atom stereocenters. The number of hydrogen-bond acceptors (Lipinski definition) is 4. The standard InChI is InChI=1S/C23H23F3N2O3/c1-27-12-14-28(15-13-27)22(30)16-31-19-9-6-18(7-10-19)21(29)11-8-17-4-2-3-5-20(17)23(24,25)26/h2-11H,12-16H2,1H3. The van der Waals surface area contributed by atoms with Crippen LogP contribution in [0.25, 0.3) is 6.08 Å². The number of ether oxygens (including phenoxy) is 1. The van der Waals surface area contributed by atoms with Gasteiger partial charge in [0.25, 0.3) is 5.91 Å². The fourth-order valence-corrected chi connectivity index (χ4v) is 3.17. The van der Waals surface area contributed by atoms with E-state index in [0.717, 1.165) is 31.3 Å². The largest absolute Gasteiger partial charge is 0.484 e. The summed E-state index contributed by atoms with van der Waals surface area (Å²) in [5.41, 5.74) is -0.572. The lowest BCUT2D eigenvalue weighted by molar-refractivity contribution is -0.137. The number of amides is 1. The van der Waals surface area contributed by atoms with Gasteiger partial charge >= 0.3 is 6.18 Å². The lowest BCUT2D eigenvalue weighted by Gasteiger charge is -2.32. The molecule has 0 unspecified atom stereocenters. The third-order valence-corrected chi connectivity index (χ3v) is 5.04. The van der Waals surface area contributed by atoms with E-state index >= 15 is 0 Å². The minimum absolute atomic E-state index is 0.0780. The van der Waals surface area contributed by atoms with Crippen molar-refractivity contribution in [2.24, 2.45) is 0 Å². The van der Waals surface area contributed by atoms with Gasteiger partial charge < -0.3 is 14.5 Å². The summed E-state index contributed by atoms with van der Waals surface area (Å²) in [6, 6.07) is 11.2. The molecule has 2 aromatic rings. The Morgan fingerprint density at radius 2 is 1.65 bits per heavy atom. The van der Waals surface area contributed by atoms with Crippen LogP contribution in [0.1, 0.15) is 21.5 Å². The fraction of sp³-hybridized carbons (Fsp3) is 0.304. The second kappa shape index (κ2) is 9.78. The van der Waals surface area contributed by atoms with E-state index in [1.54, 1.807) is 17.0 Å². The normalized spacial score (nSPS) is 15.3. The van der Waals surface area contributed by atoms with Crippen LogP contribution in [0.3, 0.4) is 0 Å². The number of ketones is 1. The van der Waals surface area contributed by atoms with Gasteiger partial charge in [0.1, 0.15) is 5.75 Å². The Morgan fingerprint density at radius 3 is 2.29 bits per heavy atom. The second-order valence-electron chi connectivity index (χ2n) is 7.28. The summed E-state index contributed by atoms with van der Waals surface area (Å²) in [7, 11) is 2.01. The molecule has 1 aliphatic heterocycles. The van der Waals surface area contributed by atoms with Crippen LogP contribution in [0.2, 0.25) is 0 Å². The van der Waals surface area contributed by atoms with Crippen molar-refractivity contribution in [3.8, 4) is 5.75 Å². The number of nitrogens with zero attached hydrogens (tertiary/aromatic N) is 2. The van der Waals surface area contributed by atoms with E-state index in [1.807, 2.05) is 7.05 Å². The number of hydrogen-bond donors (Lipinski definition) is 0. The summed E-state index contributed by atoms with van der Waals surface area (Å²) in [6.45, 7) is 2.88. The lowest BCUT2D eigenvalue weighted by Crippen LogP contribution is -2.48. The Kier molecular flexibility index (Phi) is 7.12. The van der Waals surface area contributed by atoms with Crippen LogP contribution in [-0.4, -0.2) is 61.3 Å². The highest BCUT2D eigenvalue weighted by molar-refractivity contribution is 6.06. The number of carbonyl (C=O) groups is 2. The number of rotatable bonds is 6. The van der Waals surface area contributed by atoms with E-state index in [-0.39, 0.29) is 18.1 Å². The van der Waals surface area contributed by atoms with Gasteiger partial charge in [0.15, 0.2) is 12.4 Å². The first-order valence-corrected chi connectivity index (χ1v) is 9.82. The van der Waals surface area contributed by atoms with Crippen LogP contribution in [0.5, 0.6) is 5.75 Å². The van der Waals surface area contributed by atoms with E-state index in [0.29, 0.717) is 24.4 Å². The van der Waals surface area contributed by atoms with Crippen molar-refractivity contribution in [3.05, 3.63) is 71.3 Å². The average molecular weight is 432 g/mol. The predicted octanol–water partition coefficient (Wildman–Crippen LogP) is 3.75. The van der Waals surface area contributed by atoms with Crippen molar-refractivity contribution in [2.75, 3.05) is 39.8 Å². The molecule has 8 heteroatoms. The smallest absolute Gasteiger partial charge is 0.416 e. The highest BCUT2D eigenvalue weighted by atomic mass is 19.4. The SMILES string of the molecule is CN1CCN(C(=O)COc2ccc(C(=O)C=Cc3ccccc3C(F)(F)F)cc2)CC1. The van der Waals surface area contributed by atoms with Gasteiger partial charge in [-0.2, -0.15) is 13.2 Å². The van der Waals surface area contributed by atoms with E-state index in [9.17, 15) is 22.8 Å². The Labute approximate surface area is 178 Å². The summed E-state index contributed by atoms with van der Waals surface area (Å²) in [5.74, 6) is -0.0954. The van der Waals surface area contributed by atoms with Crippen LogP contribution in [0.4, 0.5) is 13.2 Å². The maximum absolute atomic E-state index is 13.0. The van der Waals surface area contributed by atoms with Crippen LogP contribution in [0.15, 0.2) is 54.6 Å². The monoisotopic (exact) mass is 432 g/mol. The highest BCUT2D eigenvalue weighted by Gasteiger charge is 2.32. The molecule has 1 heterocycles. The van der Waals surface area contributed by atoms with Crippen molar-refractivity contribution in [1.29, 1.82) is 0 Å². The summed E-state index contributed by atoms with van der Waals surface area (Å²) >= 11 is 0. The zero-order chi connectivity index (χ0) is 22.4. The van der Waals surface area contributed by atoms with Crippen LogP contribution in [0, 0.1) is 0 Å². The third-order valence-electron chi connectivity index (χ3n) is 5.04. The van der Waals surface area contributed by atoms with Gasteiger partial charge in [0, 0.05) is 31.7 Å². The minimum Gasteiger partial charge on any atom is -0.484 e. The predicted molar refractivity (Wildman–Crippen MR) is 111 cm³/mol. The molecule has 3 rings (SSSR count). The van der Waals surface area contributed by atoms with E-state index < -0.39 is 17.5 Å². The van der Waals surface area contributed by atoms with Crippen LogP contribution in [-0.2, 0) is 11.0 Å². The van der Waals surface area contributed by atoms with Crippen molar-refractivity contribution >= 4 is 17.8 Å². The molecule has 31 heavy (non-hydrogen) atoms. The number of likely N-dealkylation sites (N-methyl/N-ethyl adjacent to an activating group) is 1. The molecule has 0 radical (unpaired) electrons.